The molecular formula is C13H28N2O2. The molecule has 1 saturated heterocycles. The summed E-state index contributed by atoms with van der Waals surface area (Å²) in [5.41, 5.74) is 0. The molecule has 0 amide bonds. The van der Waals surface area contributed by atoms with Crippen molar-refractivity contribution in [3.8, 4) is 0 Å². The van der Waals surface area contributed by atoms with E-state index >= 15 is 0 Å². The molecule has 1 aliphatic rings. The molecule has 4 heteroatoms. The number of ether oxygens (including phenoxy) is 2. The van der Waals surface area contributed by atoms with Gasteiger partial charge in [-0.3, -0.25) is 0 Å². The van der Waals surface area contributed by atoms with E-state index in [1.807, 2.05) is 13.8 Å². The van der Waals surface area contributed by atoms with E-state index < -0.39 is 5.79 Å². The first-order valence-corrected chi connectivity index (χ1v) is 6.78. The van der Waals surface area contributed by atoms with Crippen LogP contribution < -0.4 is 5.32 Å². The molecule has 0 radical (unpaired) electrons. The Kier molecular flexibility index (Phi) is 6.41. The van der Waals surface area contributed by atoms with Gasteiger partial charge in [0.25, 0.3) is 0 Å². The Morgan fingerprint density at radius 2 is 1.76 bits per heavy atom. The Balaban J connectivity index is 2.04. The SMILES string of the molecule is CCN(CC)CCNCC1COC(C)(C)OC1. The molecule has 1 heterocycles. The molecule has 4 nitrogen and oxygen atoms in total. The minimum Gasteiger partial charge on any atom is -0.350 e. The number of hydrogen-bond acceptors (Lipinski definition) is 4. The molecule has 0 aromatic heterocycles. The third-order valence-corrected chi connectivity index (χ3v) is 3.27. The molecule has 0 saturated carbocycles. The molecular weight excluding hydrogens is 216 g/mol. The Labute approximate surface area is 106 Å². The maximum atomic E-state index is 5.63. The van der Waals surface area contributed by atoms with Gasteiger partial charge in [0, 0.05) is 25.6 Å². The van der Waals surface area contributed by atoms with E-state index in [-0.39, 0.29) is 0 Å². The second-order valence-electron chi connectivity index (χ2n) is 5.12. The second kappa shape index (κ2) is 7.31. The van der Waals surface area contributed by atoms with Crippen molar-refractivity contribution in [3.63, 3.8) is 0 Å². The maximum Gasteiger partial charge on any atom is 0.162 e. The lowest BCUT2D eigenvalue weighted by molar-refractivity contribution is -0.261. The van der Waals surface area contributed by atoms with Gasteiger partial charge in [0.1, 0.15) is 0 Å². The number of hydrogen-bond donors (Lipinski definition) is 1. The third kappa shape index (κ3) is 5.82. The van der Waals surface area contributed by atoms with Gasteiger partial charge in [-0.1, -0.05) is 13.8 Å². The number of nitrogens with zero attached hydrogens (tertiary/aromatic N) is 1. The topological polar surface area (TPSA) is 33.7 Å². The van der Waals surface area contributed by atoms with Crippen molar-refractivity contribution in [2.24, 2.45) is 5.92 Å². The zero-order valence-corrected chi connectivity index (χ0v) is 11.8. The van der Waals surface area contributed by atoms with E-state index in [0.717, 1.165) is 45.9 Å². The van der Waals surface area contributed by atoms with E-state index in [0.29, 0.717) is 5.92 Å². The Hall–Kier alpha value is -0.160. The van der Waals surface area contributed by atoms with E-state index in [1.54, 1.807) is 0 Å². The second-order valence-corrected chi connectivity index (χ2v) is 5.12. The Morgan fingerprint density at radius 3 is 2.29 bits per heavy atom. The molecule has 0 aromatic rings. The third-order valence-electron chi connectivity index (χ3n) is 3.27. The van der Waals surface area contributed by atoms with Crippen LogP contribution >= 0.6 is 0 Å². The molecule has 0 aromatic carbocycles. The Bertz CT molecular complexity index is 196. The average molecular weight is 244 g/mol. The fourth-order valence-electron chi connectivity index (χ4n) is 1.93. The first-order chi connectivity index (χ1) is 8.07. The maximum absolute atomic E-state index is 5.63. The highest BCUT2D eigenvalue weighted by atomic mass is 16.7. The summed E-state index contributed by atoms with van der Waals surface area (Å²) < 4.78 is 11.3. The average Bonchev–Trinajstić information content (AvgIpc) is 2.31. The zero-order valence-electron chi connectivity index (χ0n) is 11.8. The normalized spacial score (nSPS) is 21.0. The summed E-state index contributed by atoms with van der Waals surface area (Å²) >= 11 is 0. The lowest BCUT2D eigenvalue weighted by atomic mass is 10.1. The summed E-state index contributed by atoms with van der Waals surface area (Å²) in [5.74, 6) is 0.0947. The summed E-state index contributed by atoms with van der Waals surface area (Å²) in [4.78, 5) is 2.42. The van der Waals surface area contributed by atoms with Gasteiger partial charge >= 0.3 is 0 Å². The van der Waals surface area contributed by atoms with Crippen LogP contribution in [0.25, 0.3) is 0 Å². The fraction of sp³-hybridized carbons (Fsp3) is 1.00. The van der Waals surface area contributed by atoms with Crippen molar-refractivity contribution < 1.29 is 9.47 Å². The number of nitrogens with one attached hydrogen (secondary N) is 1. The van der Waals surface area contributed by atoms with Crippen molar-refractivity contribution in [2.75, 3.05) is 45.9 Å². The van der Waals surface area contributed by atoms with E-state index in [2.05, 4.69) is 24.1 Å². The monoisotopic (exact) mass is 244 g/mol. The highest BCUT2D eigenvalue weighted by molar-refractivity contribution is 4.70. The lowest BCUT2D eigenvalue weighted by Gasteiger charge is -2.35. The predicted octanol–water partition coefficient (Wildman–Crippen LogP) is 1.32. The van der Waals surface area contributed by atoms with Gasteiger partial charge in [-0.2, -0.15) is 0 Å². The highest BCUT2D eigenvalue weighted by Gasteiger charge is 2.27. The van der Waals surface area contributed by atoms with E-state index in [1.165, 1.54) is 0 Å². The van der Waals surface area contributed by atoms with Crippen LogP contribution in [-0.4, -0.2) is 56.6 Å². The van der Waals surface area contributed by atoms with E-state index in [9.17, 15) is 0 Å². The van der Waals surface area contributed by atoms with Crippen LogP contribution in [0.3, 0.4) is 0 Å². The molecule has 1 rings (SSSR count). The van der Waals surface area contributed by atoms with Crippen LogP contribution in [0.1, 0.15) is 27.7 Å². The minimum absolute atomic E-state index is 0.391. The van der Waals surface area contributed by atoms with E-state index in [4.69, 9.17) is 9.47 Å². The molecule has 0 atom stereocenters. The van der Waals surface area contributed by atoms with Crippen LogP contribution in [-0.2, 0) is 9.47 Å². The Morgan fingerprint density at radius 1 is 1.18 bits per heavy atom. The molecule has 1 N–H and O–H groups in total. The van der Waals surface area contributed by atoms with Crippen molar-refractivity contribution in [1.29, 1.82) is 0 Å². The van der Waals surface area contributed by atoms with Crippen molar-refractivity contribution in [2.45, 2.75) is 33.5 Å². The van der Waals surface area contributed by atoms with Gasteiger partial charge in [0.15, 0.2) is 5.79 Å². The summed E-state index contributed by atoms with van der Waals surface area (Å²) in [6.07, 6.45) is 0. The largest absolute Gasteiger partial charge is 0.350 e. The first kappa shape index (κ1) is 14.9. The van der Waals surface area contributed by atoms with Crippen LogP contribution in [0.4, 0.5) is 0 Å². The summed E-state index contributed by atoms with van der Waals surface area (Å²) in [6.45, 7) is 15.3. The highest BCUT2D eigenvalue weighted by Crippen LogP contribution is 2.19. The summed E-state index contributed by atoms with van der Waals surface area (Å²) in [7, 11) is 0. The number of rotatable bonds is 7. The smallest absolute Gasteiger partial charge is 0.162 e. The molecule has 1 aliphatic heterocycles. The fourth-order valence-corrected chi connectivity index (χ4v) is 1.93. The molecule has 0 spiro atoms. The molecule has 1 fully saturated rings. The molecule has 17 heavy (non-hydrogen) atoms. The molecule has 0 bridgehead atoms. The summed E-state index contributed by atoms with van der Waals surface area (Å²) in [5, 5.41) is 3.48. The molecule has 0 unspecified atom stereocenters. The van der Waals surface area contributed by atoms with Crippen LogP contribution in [0.15, 0.2) is 0 Å². The van der Waals surface area contributed by atoms with Crippen LogP contribution in [0.5, 0.6) is 0 Å². The van der Waals surface area contributed by atoms with Crippen LogP contribution in [0, 0.1) is 5.92 Å². The minimum atomic E-state index is -0.391. The lowest BCUT2D eigenvalue weighted by Crippen LogP contribution is -2.43. The van der Waals surface area contributed by atoms with Gasteiger partial charge in [-0.15, -0.1) is 0 Å². The summed E-state index contributed by atoms with van der Waals surface area (Å²) in [6, 6.07) is 0. The molecule has 0 aliphatic carbocycles. The molecule has 102 valence electrons. The van der Waals surface area contributed by atoms with Gasteiger partial charge in [-0.25, -0.2) is 0 Å². The van der Waals surface area contributed by atoms with Gasteiger partial charge in [-0.05, 0) is 26.9 Å². The standard InChI is InChI=1S/C13H28N2O2/c1-5-15(6-2)8-7-14-9-12-10-16-13(3,4)17-11-12/h12,14H,5-11H2,1-4H3. The van der Waals surface area contributed by atoms with Gasteiger partial charge in [0.05, 0.1) is 13.2 Å². The predicted molar refractivity (Wildman–Crippen MR) is 70.1 cm³/mol. The van der Waals surface area contributed by atoms with Crippen molar-refractivity contribution >= 4 is 0 Å². The van der Waals surface area contributed by atoms with Crippen LogP contribution in [0.2, 0.25) is 0 Å². The quantitative estimate of drug-likeness (QED) is 0.685. The van der Waals surface area contributed by atoms with Gasteiger partial charge < -0.3 is 19.7 Å². The van der Waals surface area contributed by atoms with Gasteiger partial charge in [0.2, 0.25) is 0 Å². The zero-order chi connectivity index (χ0) is 12.7. The van der Waals surface area contributed by atoms with Crippen molar-refractivity contribution in [1.82, 2.24) is 10.2 Å². The number of likely N-dealkylation sites (N-methyl/N-ethyl adjacent to an activating group) is 1. The first-order valence-electron chi connectivity index (χ1n) is 6.78. The van der Waals surface area contributed by atoms with Crippen molar-refractivity contribution in [3.05, 3.63) is 0 Å².